The first-order valence-electron chi connectivity index (χ1n) is 8.20. The summed E-state index contributed by atoms with van der Waals surface area (Å²) in [5.74, 6) is -0.284. The van der Waals surface area contributed by atoms with Crippen molar-refractivity contribution >= 4 is 16.8 Å². The number of hydrogen-bond acceptors (Lipinski definition) is 1. The number of rotatable bonds is 1. The third-order valence-corrected chi connectivity index (χ3v) is 4.90. The van der Waals surface area contributed by atoms with Crippen LogP contribution in [0.5, 0.6) is 0 Å². The summed E-state index contributed by atoms with van der Waals surface area (Å²) < 4.78 is 13.8. The maximum absolute atomic E-state index is 13.8. The minimum Gasteiger partial charge on any atom is -0.356 e. The van der Waals surface area contributed by atoms with E-state index in [9.17, 15) is 9.18 Å². The van der Waals surface area contributed by atoms with Gasteiger partial charge in [0.2, 0.25) is 5.91 Å². The fourth-order valence-electron chi connectivity index (χ4n) is 3.96. The van der Waals surface area contributed by atoms with Crippen molar-refractivity contribution < 1.29 is 9.18 Å². The molecule has 1 aromatic heterocycles. The SMILES string of the molecule is CC(=O)N1[C@H](c2cccc(F)c2)c2[nH]c3ccccc3c2C[C@@H]1C. The Kier molecular flexibility index (Phi) is 3.41. The molecule has 1 amide bonds. The molecule has 0 fully saturated rings. The number of carbonyl (C=O) groups is 1. The van der Waals surface area contributed by atoms with Gasteiger partial charge < -0.3 is 9.88 Å². The number of benzene rings is 2. The molecular weight excluding hydrogens is 303 g/mol. The number of nitrogens with one attached hydrogen (secondary N) is 1. The number of aromatic amines is 1. The standard InChI is InChI=1S/C20H19FN2O/c1-12-10-17-16-8-3-4-9-18(16)22-19(17)20(23(12)13(2)24)14-6-5-7-15(21)11-14/h3-9,11-12,20,22H,10H2,1-2H3/t12-,20+/m0/s1. The van der Waals surface area contributed by atoms with Crippen LogP contribution in [0.2, 0.25) is 0 Å². The zero-order valence-electron chi connectivity index (χ0n) is 13.7. The molecule has 3 aromatic rings. The summed E-state index contributed by atoms with van der Waals surface area (Å²) in [6.45, 7) is 3.63. The van der Waals surface area contributed by atoms with Crippen molar-refractivity contribution in [2.75, 3.05) is 0 Å². The highest BCUT2D eigenvalue weighted by Gasteiger charge is 2.37. The van der Waals surface area contributed by atoms with E-state index < -0.39 is 0 Å². The summed E-state index contributed by atoms with van der Waals surface area (Å²) in [7, 11) is 0. The zero-order chi connectivity index (χ0) is 16.8. The lowest BCUT2D eigenvalue weighted by molar-refractivity contribution is -0.133. The molecule has 0 saturated carbocycles. The summed E-state index contributed by atoms with van der Waals surface area (Å²) in [5.41, 5.74) is 4.08. The molecule has 0 spiro atoms. The Balaban J connectivity index is 1.98. The Hall–Kier alpha value is -2.62. The van der Waals surface area contributed by atoms with Gasteiger partial charge in [0.1, 0.15) is 5.82 Å². The Labute approximate surface area is 140 Å². The maximum atomic E-state index is 13.8. The molecular formula is C20H19FN2O. The van der Waals surface area contributed by atoms with E-state index in [1.165, 1.54) is 23.1 Å². The van der Waals surface area contributed by atoms with Crippen molar-refractivity contribution in [3.63, 3.8) is 0 Å². The van der Waals surface area contributed by atoms with E-state index in [4.69, 9.17) is 0 Å². The lowest BCUT2D eigenvalue weighted by atomic mass is 9.88. The lowest BCUT2D eigenvalue weighted by Gasteiger charge is -2.40. The molecule has 2 atom stereocenters. The van der Waals surface area contributed by atoms with Crippen LogP contribution in [-0.2, 0) is 11.2 Å². The predicted molar refractivity (Wildman–Crippen MR) is 92.2 cm³/mol. The van der Waals surface area contributed by atoms with Gasteiger partial charge in [-0.25, -0.2) is 4.39 Å². The van der Waals surface area contributed by atoms with Crippen LogP contribution >= 0.6 is 0 Å². The van der Waals surface area contributed by atoms with Gasteiger partial charge in [-0.05, 0) is 42.7 Å². The number of amides is 1. The van der Waals surface area contributed by atoms with Gasteiger partial charge in [-0.2, -0.15) is 0 Å². The third kappa shape index (κ3) is 2.21. The molecule has 4 heteroatoms. The number of hydrogen-bond donors (Lipinski definition) is 1. The topological polar surface area (TPSA) is 36.1 Å². The second kappa shape index (κ2) is 5.48. The molecule has 0 radical (unpaired) electrons. The van der Waals surface area contributed by atoms with E-state index in [-0.39, 0.29) is 23.8 Å². The average molecular weight is 322 g/mol. The molecule has 0 unspecified atom stereocenters. The van der Waals surface area contributed by atoms with E-state index in [1.807, 2.05) is 29.2 Å². The van der Waals surface area contributed by atoms with Gasteiger partial charge >= 0.3 is 0 Å². The molecule has 2 heterocycles. The average Bonchev–Trinajstić information content (AvgIpc) is 2.91. The Morgan fingerprint density at radius 2 is 2.00 bits per heavy atom. The predicted octanol–water partition coefficient (Wildman–Crippen LogP) is 4.19. The molecule has 0 bridgehead atoms. The Morgan fingerprint density at radius 1 is 1.21 bits per heavy atom. The van der Waals surface area contributed by atoms with Crippen molar-refractivity contribution in [3.8, 4) is 0 Å². The third-order valence-electron chi connectivity index (χ3n) is 4.90. The first-order chi connectivity index (χ1) is 11.6. The number of halogens is 1. The zero-order valence-corrected chi connectivity index (χ0v) is 13.7. The summed E-state index contributed by atoms with van der Waals surface area (Å²) in [6, 6.07) is 14.5. The fraction of sp³-hybridized carbons (Fsp3) is 0.250. The van der Waals surface area contributed by atoms with Crippen molar-refractivity contribution in [2.24, 2.45) is 0 Å². The van der Waals surface area contributed by atoms with Gasteiger partial charge in [0.15, 0.2) is 0 Å². The van der Waals surface area contributed by atoms with E-state index >= 15 is 0 Å². The summed E-state index contributed by atoms with van der Waals surface area (Å²) >= 11 is 0. The Morgan fingerprint density at radius 3 is 2.75 bits per heavy atom. The number of carbonyl (C=O) groups excluding carboxylic acids is 1. The monoisotopic (exact) mass is 322 g/mol. The first-order valence-corrected chi connectivity index (χ1v) is 8.20. The molecule has 24 heavy (non-hydrogen) atoms. The number of fused-ring (bicyclic) bond motifs is 3. The van der Waals surface area contributed by atoms with Gasteiger partial charge in [-0.3, -0.25) is 4.79 Å². The van der Waals surface area contributed by atoms with E-state index in [0.29, 0.717) is 0 Å². The number of H-pyrrole nitrogens is 1. The highest BCUT2D eigenvalue weighted by atomic mass is 19.1. The highest BCUT2D eigenvalue weighted by Crippen LogP contribution is 2.40. The van der Waals surface area contributed by atoms with Gasteiger partial charge in [0.05, 0.1) is 6.04 Å². The van der Waals surface area contributed by atoms with Crippen LogP contribution in [0.4, 0.5) is 4.39 Å². The van der Waals surface area contributed by atoms with E-state index in [0.717, 1.165) is 23.2 Å². The number of aromatic nitrogens is 1. The van der Waals surface area contributed by atoms with Gasteiger partial charge in [-0.15, -0.1) is 0 Å². The smallest absolute Gasteiger partial charge is 0.220 e. The van der Waals surface area contributed by atoms with Crippen LogP contribution in [0.3, 0.4) is 0 Å². The lowest BCUT2D eigenvalue weighted by Crippen LogP contribution is -2.45. The Bertz CT molecular complexity index is 930. The van der Waals surface area contributed by atoms with Crippen LogP contribution in [0.25, 0.3) is 10.9 Å². The van der Waals surface area contributed by atoms with Gasteiger partial charge in [0.25, 0.3) is 0 Å². The molecule has 0 saturated heterocycles. The fourth-order valence-corrected chi connectivity index (χ4v) is 3.96. The molecule has 3 nitrogen and oxygen atoms in total. The molecule has 1 aliphatic rings. The minimum atomic E-state index is -0.288. The second-order valence-electron chi connectivity index (χ2n) is 6.50. The number of nitrogens with zero attached hydrogens (tertiary/aromatic N) is 1. The van der Waals surface area contributed by atoms with Crippen molar-refractivity contribution in [2.45, 2.75) is 32.4 Å². The van der Waals surface area contributed by atoms with Crippen molar-refractivity contribution in [3.05, 3.63) is 71.2 Å². The number of para-hydroxylation sites is 1. The minimum absolute atomic E-state index is 0.000988. The molecule has 4 rings (SSSR count). The van der Waals surface area contributed by atoms with Gasteiger partial charge in [0, 0.05) is 29.6 Å². The second-order valence-corrected chi connectivity index (χ2v) is 6.50. The molecule has 122 valence electrons. The van der Waals surface area contributed by atoms with Crippen LogP contribution in [0.15, 0.2) is 48.5 Å². The van der Waals surface area contributed by atoms with Crippen molar-refractivity contribution in [1.29, 1.82) is 0 Å². The molecule has 2 aromatic carbocycles. The van der Waals surface area contributed by atoms with Crippen molar-refractivity contribution in [1.82, 2.24) is 9.88 Å². The van der Waals surface area contributed by atoms with E-state index in [2.05, 4.69) is 18.0 Å². The van der Waals surface area contributed by atoms with Crippen LogP contribution in [0.1, 0.15) is 36.7 Å². The van der Waals surface area contributed by atoms with Gasteiger partial charge in [-0.1, -0.05) is 30.3 Å². The summed E-state index contributed by atoms with van der Waals surface area (Å²) in [4.78, 5) is 17.6. The van der Waals surface area contributed by atoms with E-state index in [1.54, 1.807) is 13.0 Å². The van der Waals surface area contributed by atoms with Crippen LogP contribution in [-0.4, -0.2) is 21.8 Å². The molecule has 1 N–H and O–H groups in total. The summed E-state index contributed by atoms with van der Waals surface area (Å²) in [6.07, 6.45) is 0.796. The molecule has 1 aliphatic heterocycles. The largest absolute Gasteiger partial charge is 0.356 e. The first kappa shape index (κ1) is 14.9. The van der Waals surface area contributed by atoms with Crippen LogP contribution in [0, 0.1) is 5.82 Å². The quantitative estimate of drug-likeness (QED) is 0.716. The molecule has 0 aliphatic carbocycles. The van der Waals surface area contributed by atoms with Crippen LogP contribution < -0.4 is 0 Å². The highest BCUT2D eigenvalue weighted by molar-refractivity contribution is 5.86. The maximum Gasteiger partial charge on any atom is 0.220 e. The normalized spacial score (nSPS) is 20.2. The summed E-state index contributed by atoms with van der Waals surface area (Å²) in [5, 5.41) is 1.18.